The lowest BCUT2D eigenvalue weighted by molar-refractivity contribution is 0.415. The first-order valence-corrected chi connectivity index (χ1v) is 6.30. The highest BCUT2D eigenvalue weighted by Gasteiger charge is 2.03. The predicted octanol–water partition coefficient (Wildman–Crippen LogP) is 4.41. The Morgan fingerprint density at radius 2 is 2.00 bits per heavy atom. The fraction of sp³-hybridized carbons (Fsp3) is 0.200. The van der Waals surface area contributed by atoms with E-state index in [2.05, 4.69) is 5.32 Å². The lowest BCUT2D eigenvalue weighted by atomic mass is 10.1. The van der Waals surface area contributed by atoms with E-state index in [4.69, 9.17) is 16.3 Å². The molecule has 0 radical (unpaired) electrons. The van der Waals surface area contributed by atoms with Crippen LogP contribution in [0, 0.1) is 12.7 Å². The van der Waals surface area contributed by atoms with E-state index in [-0.39, 0.29) is 5.82 Å². The van der Waals surface area contributed by atoms with Gasteiger partial charge in [0.2, 0.25) is 0 Å². The summed E-state index contributed by atoms with van der Waals surface area (Å²) in [5.41, 5.74) is 2.87. The number of hydrogen-bond acceptors (Lipinski definition) is 2. The third-order valence-corrected chi connectivity index (χ3v) is 3.23. The van der Waals surface area contributed by atoms with E-state index < -0.39 is 0 Å². The van der Waals surface area contributed by atoms with Crippen LogP contribution in [0.25, 0.3) is 0 Å². The highest BCUT2D eigenvalue weighted by molar-refractivity contribution is 6.32. The molecule has 0 heterocycles. The standard InChI is InChI=1S/C15H15ClFNO/c1-10-7-12(17)4-3-11(10)9-18-13-5-6-15(19-2)14(16)8-13/h3-8,18H,9H2,1-2H3. The second kappa shape index (κ2) is 5.93. The van der Waals surface area contributed by atoms with Crippen molar-refractivity contribution in [3.8, 4) is 5.75 Å². The Morgan fingerprint density at radius 1 is 1.21 bits per heavy atom. The van der Waals surface area contributed by atoms with E-state index in [0.717, 1.165) is 16.8 Å². The van der Waals surface area contributed by atoms with E-state index in [1.165, 1.54) is 12.1 Å². The average molecular weight is 280 g/mol. The molecule has 4 heteroatoms. The molecule has 0 unspecified atom stereocenters. The van der Waals surface area contributed by atoms with Gasteiger partial charge in [-0.05, 0) is 48.4 Å². The summed E-state index contributed by atoms with van der Waals surface area (Å²) in [6, 6.07) is 10.3. The zero-order valence-corrected chi connectivity index (χ0v) is 11.6. The summed E-state index contributed by atoms with van der Waals surface area (Å²) in [6.45, 7) is 2.51. The summed E-state index contributed by atoms with van der Waals surface area (Å²) in [5, 5.41) is 3.81. The van der Waals surface area contributed by atoms with Gasteiger partial charge in [0.25, 0.3) is 0 Å². The molecule has 2 aromatic rings. The number of methoxy groups -OCH3 is 1. The molecule has 0 bridgehead atoms. The van der Waals surface area contributed by atoms with Crippen LogP contribution in [0.4, 0.5) is 10.1 Å². The number of ether oxygens (including phenoxy) is 1. The van der Waals surface area contributed by atoms with Crippen molar-refractivity contribution in [2.45, 2.75) is 13.5 Å². The van der Waals surface area contributed by atoms with Crippen molar-refractivity contribution in [2.75, 3.05) is 12.4 Å². The summed E-state index contributed by atoms with van der Waals surface area (Å²) in [4.78, 5) is 0. The average Bonchev–Trinajstić information content (AvgIpc) is 2.38. The lowest BCUT2D eigenvalue weighted by Gasteiger charge is -2.10. The van der Waals surface area contributed by atoms with Crippen LogP contribution in [-0.2, 0) is 6.54 Å². The Bertz CT molecular complexity index is 586. The number of nitrogens with one attached hydrogen (secondary N) is 1. The van der Waals surface area contributed by atoms with Gasteiger partial charge in [-0.15, -0.1) is 0 Å². The van der Waals surface area contributed by atoms with Gasteiger partial charge in [-0.3, -0.25) is 0 Å². The molecule has 0 aliphatic carbocycles. The van der Waals surface area contributed by atoms with Crippen molar-refractivity contribution in [1.82, 2.24) is 0 Å². The molecule has 0 aliphatic heterocycles. The Labute approximate surface area is 117 Å². The maximum Gasteiger partial charge on any atom is 0.137 e. The van der Waals surface area contributed by atoms with Crippen molar-refractivity contribution in [2.24, 2.45) is 0 Å². The minimum absolute atomic E-state index is 0.214. The van der Waals surface area contributed by atoms with Gasteiger partial charge in [-0.2, -0.15) is 0 Å². The molecule has 2 aromatic carbocycles. The van der Waals surface area contributed by atoms with Gasteiger partial charge >= 0.3 is 0 Å². The zero-order chi connectivity index (χ0) is 13.8. The number of halogens is 2. The number of anilines is 1. The Morgan fingerprint density at radius 3 is 2.63 bits per heavy atom. The quantitative estimate of drug-likeness (QED) is 0.895. The second-order valence-corrected chi connectivity index (χ2v) is 4.68. The zero-order valence-electron chi connectivity index (χ0n) is 10.8. The van der Waals surface area contributed by atoms with E-state index in [1.807, 2.05) is 19.1 Å². The summed E-state index contributed by atoms with van der Waals surface area (Å²) in [7, 11) is 1.58. The van der Waals surface area contributed by atoms with Gasteiger partial charge < -0.3 is 10.1 Å². The van der Waals surface area contributed by atoms with E-state index in [1.54, 1.807) is 19.2 Å². The third kappa shape index (κ3) is 3.38. The molecular weight excluding hydrogens is 265 g/mol. The fourth-order valence-corrected chi connectivity index (χ4v) is 2.09. The van der Waals surface area contributed by atoms with Gasteiger partial charge in [0.05, 0.1) is 12.1 Å². The molecule has 0 saturated carbocycles. The number of aryl methyl sites for hydroxylation is 1. The first kappa shape index (κ1) is 13.7. The van der Waals surface area contributed by atoms with Gasteiger partial charge in [-0.25, -0.2) is 4.39 Å². The van der Waals surface area contributed by atoms with Crippen LogP contribution in [0.3, 0.4) is 0 Å². The summed E-state index contributed by atoms with van der Waals surface area (Å²) in [5.74, 6) is 0.430. The lowest BCUT2D eigenvalue weighted by Crippen LogP contribution is -2.01. The highest BCUT2D eigenvalue weighted by atomic mass is 35.5. The smallest absolute Gasteiger partial charge is 0.137 e. The van der Waals surface area contributed by atoms with Gasteiger partial charge in [0, 0.05) is 12.2 Å². The largest absolute Gasteiger partial charge is 0.495 e. The van der Waals surface area contributed by atoms with Crippen molar-refractivity contribution in [3.05, 3.63) is 58.4 Å². The molecule has 2 nitrogen and oxygen atoms in total. The maximum atomic E-state index is 13.0. The Balaban J connectivity index is 2.08. The van der Waals surface area contributed by atoms with Gasteiger partial charge in [-0.1, -0.05) is 17.7 Å². The minimum atomic E-state index is -0.214. The normalized spacial score (nSPS) is 10.3. The molecule has 100 valence electrons. The van der Waals surface area contributed by atoms with Crippen molar-refractivity contribution < 1.29 is 9.13 Å². The number of hydrogen-bond donors (Lipinski definition) is 1. The van der Waals surface area contributed by atoms with Crippen LogP contribution in [0.1, 0.15) is 11.1 Å². The molecule has 2 rings (SSSR count). The summed E-state index contributed by atoms with van der Waals surface area (Å²) in [6.07, 6.45) is 0. The summed E-state index contributed by atoms with van der Waals surface area (Å²) >= 11 is 6.05. The highest BCUT2D eigenvalue weighted by Crippen LogP contribution is 2.27. The fourth-order valence-electron chi connectivity index (χ4n) is 1.83. The van der Waals surface area contributed by atoms with Crippen molar-refractivity contribution in [1.29, 1.82) is 0 Å². The van der Waals surface area contributed by atoms with E-state index >= 15 is 0 Å². The van der Waals surface area contributed by atoms with E-state index in [0.29, 0.717) is 17.3 Å². The van der Waals surface area contributed by atoms with E-state index in [9.17, 15) is 4.39 Å². The second-order valence-electron chi connectivity index (χ2n) is 4.27. The molecule has 0 spiro atoms. The van der Waals surface area contributed by atoms with Crippen LogP contribution < -0.4 is 10.1 Å². The van der Waals surface area contributed by atoms with Gasteiger partial charge in [0.15, 0.2) is 0 Å². The first-order valence-electron chi connectivity index (χ1n) is 5.92. The van der Waals surface area contributed by atoms with Crippen molar-refractivity contribution >= 4 is 17.3 Å². The number of rotatable bonds is 4. The van der Waals surface area contributed by atoms with Crippen LogP contribution in [0.15, 0.2) is 36.4 Å². The molecular formula is C15H15ClFNO. The monoisotopic (exact) mass is 279 g/mol. The molecule has 0 amide bonds. The number of benzene rings is 2. The topological polar surface area (TPSA) is 21.3 Å². The SMILES string of the molecule is COc1ccc(NCc2ccc(F)cc2C)cc1Cl. The predicted molar refractivity (Wildman–Crippen MR) is 76.5 cm³/mol. The molecule has 0 atom stereocenters. The maximum absolute atomic E-state index is 13.0. The van der Waals surface area contributed by atoms with Crippen LogP contribution >= 0.6 is 11.6 Å². The Kier molecular flexibility index (Phi) is 4.27. The molecule has 0 saturated heterocycles. The molecule has 1 N–H and O–H groups in total. The van der Waals surface area contributed by atoms with Crippen LogP contribution in [0.2, 0.25) is 5.02 Å². The third-order valence-electron chi connectivity index (χ3n) is 2.94. The molecule has 0 aliphatic rings. The Hall–Kier alpha value is -1.74. The van der Waals surface area contributed by atoms with Crippen molar-refractivity contribution in [3.63, 3.8) is 0 Å². The van der Waals surface area contributed by atoms with Crippen LogP contribution in [0.5, 0.6) is 5.75 Å². The van der Waals surface area contributed by atoms with Gasteiger partial charge in [0.1, 0.15) is 11.6 Å². The molecule has 0 fully saturated rings. The molecule has 19 heavy (non-hydrogen) atoms. The minimum Gasteiger partial charge on any atom is -0.495 e. The summed E-state index contributed by atoms with van der Waals surface area (Å²) < 4.78 is 18.1. The van der Waals surface area contributed by atoms with Crippen LogP contribution in [-0.4, -0.2) is 7.11 Å². The first-order chi connectivity index (χ1) is 9.10. The molecule has 0 aromatic heterocycles.